The van der Waals surface area contributed by atoms with Crippen LogP contribution in [-0.2, 0) is 16.3 Å². The van der Waals surface area contributed by atoms with Crippen LogP contribution in [0.15, 0.2) is 71.2 Å². The van der Waals surface area contributed by atoms with Gasteiger partial charge in [-0.2, -0.15) is 5.26 Å². The van der Waals surface area contributed by atoms with Crippen molar-refractivity contribution in [1.82, 2.24) is 0 Å². The molecular weight excluding hydrogens is 363 g/mol. The molecule has 0 N–H and O–H groups in total. The van der Waals surface area contributed by atoms with Gasteiger partial charge in [0.1, 0.15) is 0 Å². The molecule has 114 valence electrons. The van der Waals surface area contributed by atoms with Gasteiger partial charge in [0, 0.05) is 9.79 Å². The second-order valence-electron chi connectivity index (χ2n) is 4.14. The predicted molar refractivity (Wildman–Crippen MR) is 101 cm³/mol. The lowest BCUT2D eigenvalue weighted by atomic mass is 10.2. The third-order valence-corrected chi connectivity index (χ3v) is 10.5. The van der Waals surface area contributed by atoms with E-state index in [1.54, 1.807) is 24.3 Å². The van der Waals surface area contributed by atoms with Crippen molar-refractivity contribution >= 4 is 44.9 Å². The summed E-state index contributed by atoms with van der Waals surface area (Å²) in [5, 5.41) is 8.85. The van der Waals surface area contributed by atoms with E-state index >= 15 is 0 Å². The topological polar surface area (TPSA) is 37.4 Å². The number of hydrogen-bond acceptors (Lipinski definition) is 5. The quantitative estimate of drug-likeness (QED) is 0.333. The van der Waals surface area contributed by atoms with E-state index in [1.165, 1.54) is 29.0 Å². The Hall–Kier alpha value is -1.69. The van der Waals surface area contributed by atoms with Gasteiger partial charge >= 0.3 is 0 Å². The summed E-state index contributed by atoms with van der Waals surface area (Å²) in [4.78, 5) is 5.27. The molecule has 0 aromatic heterocycles. The molecule has 3 nitrogen and oxygen atoms in total. The number of benzene rings is 2. The molecule has 0 fully saturated rings. The van der Waals surface area contributed by atoms with E-state index in [0.29, 0.717) is 11.3 Å². The summed E-state index contributed by atoms with van der Waals surface area (Å²) in [5.41, 5.74) is 1.20. The minimum Gasteiger partial charge on any atom is -0.456 e. The first-order chi connectivity index (χ1) is 11.1. The van der Waals surface area contributed by atoms with Crippen molar-refractivity contribution in [2.45, 2.75) is 9.79 Å². The van der Waals surface area contributed by atoms with Crippen LogP contribution in [0.2, 0.25) is 0 Å². The lowest BCUT2D eigenvalue weighted by Gasteiger charge is -2.19. The molecule has 2 aromatic rings. The minimum atomic E-state index is -2.32. The number of hydrogen-bond donors (Lipinski definition) is 0. The number of rotatable bonds is 6. The average molecular weight is 374 g/mol. The van der Waals surface area contributed by atoms with Gasteiger partial charge in [0.2, 0.25) is 4.67 Å². The molecule has 0 saturated heterocycles. The molecule has 2 aromatic carbocycles. The van der Waals surface area contributed by atoms with Crippen LogP contribution in [-0.4, -0.2) is 0 Å². The summed E-state index contributed by atoms with van der Waals surface area (Å²) in [5.74, 6) is 0. The molecule has 0 heterocycles. The summed E-state index contributed by atoms with van der Waals surface area (Å²) >= 11 is 8.64. The van der Waals surface area contributed by atoms with Gasteiger partial charge in [0.05, 0.1) is 24.5 Å². The summed E-state index contributed by atoms with van der Waals surface area (Å²) in [6.45, 7) is 10.6. The van der Waals surface area contributed by atoms with Gasteiger partial charge in [0.25, 0.3) is 0 Å². The van der Waals surface area contributed by atoms with Crippen molar-refractivity contribution in [3.8, 4) is 6.07 Å². The fourth-order valence-electron chi connectivity index (χ4n) is 1.58. The smallest absolute Gasteiger partial charge is 0.230 e. The number of nitriles is 1. The predicted octanol–water partition coefficient (Wildman–Crippen LogP) is 6.38. The lowest BCUT2D eigenvalue weighted by molar-refractivity contribution is 0.559. The molecule has 0 aliphatic carbocycles. The SMILES string of the molecule is [C-]#[N+]c1ccc(SP(=S)(OC=C)Sc2ccc(C#N)cc2)cc1. The Morgan fingerprint density at radius 1 is 1.13 bits per heavy atom. The molecule has 0 saturated carbocycles. The van der Waals surface area contributed by atoms with Crippen LogP contribution in [0.5, 0.6) is 0 Å². The average Bonchev–Trinajstić information content (AvgIpc) is 2.56. The van der Waals surface area contributed by atoms with Gasteiger partial charge in [-0.3, -0.25) is 0 Å². The number of nitrogens with zero attached hydrogens (tertiary/aromatic N) is 2. The third-order valence-electron chi connectivity index (χ3n) is 2.59. The molecule has 0 aliphatic heterocycles. The van der Waals surface area contributed by atoms with Crippen molar-refractivity contribution in [3.63, 3.8) is 0 Å². The van der Waals surface area contributed by atoms with Gasteiger partial charge in [-0.1, -0.05) is 30.8 Å². The zero-order valence-corrected chi connectivity index (χ0v) is 15.2. The zero-order chi connectivity index (χ0) is 16.7. The first-order valence-electron chi connectivity index (χ1n) is 6.35. The summed E-state index contributed by atoms with van der Waals surface area (Å²) < 4.78 is 3.32. The van der Waals surface area contributed by atoms with Crippen molar-refractivity contribution in [3.05, 3.63) is 78.4 Å². The van der Waals surface area contributed by atoms with Crippen molar-refractivity contribution in [1.29, 1.82) is 5.26 Å². The van der Waals surface area contributed by atoms with Crippen LogP contribution in [0.1, 0.15) is 5.56 Å². The summed E-state index contributed by atoms with van der Waals surface area (Å²) in [6, 6.07) is 16.6. The molecule has 0 aliphatic rings. The van der Waals surface area contributed by atoms with Gasteiger partial charge in [0.15, 0.2) is 5.69 Å². The lowest BCUT2D eigenvalue weighted by Crippen LogP contribution is -1.78. The Bertz CT molecular complexity index is 757. The molecule has 1 unspecified atom stereocenters. The van der Waals surface area contributed by atoms with Crippen LogP contribution >= 0.6 is 27.4 Å². The Morgan fingerprint density at radius 3 is 2.09 bits per heavy atom. The standard InChI is InChI=1S/C16H11N2OPS3/c1-3-19-20(21,22-15-8-4-13(12-17)5-9-15)23-16-10-6-14(18-2)7-11-16/h3-11H,1H2. The van der Waals surface area contributed by atoms with Crippen LogP contribution in [0, 0.1) is 17.9 Å². The Kier molecular flexibility index (Phi) is 6.33. The second-order valence-corrected chi connectivity index (χ2v) is 14.4. The van der Waals surface area contributed by atoms with Gasteiger partial charge in [-0.25, -0.2) is 4.85 Å². The molecule has 1 atom stereocenters. The van der Waals surface area contributed by atoms with Crippen molar-refractivity contribution in [2.75, 3.05) is 0 Å². The molecular formula is C16H11N2OPS3. The van der Waals surface area contributed by atoms with Crippen LogP contribution in [0.3, 0.4) is 0 Å². The van der Waals surface area contributed by atoms with Crippen molar-refractivity contribution in [2.24, 2.45) is 0 Å². The molecule has 0 bridgehead atoms. The van der Waals surface area contributed by atoms with Crippen LogP contribution in [0.4, 0.5) is 5.69 Å². The van der Waals surface area contributed by atoms with E-state index in [2.05, 4.69) is 17.5 Å². The molecule has 0 spiro atoms. The van der Waals surface area contributed by atoms with Gasteiger partial charge in [-0.05, 0) is 58.8 Å². The van der Waals surface area contributed by atoms with E-state index in [1.807, 2.05) is 24.3 Å². The Morgan fingerprint density at radius 2 is 1.65 bits per heavy atom. The molecule has 2 rings (SSSR count). The molecule has 0 amide bonds. The second kappa shape index (κ2) is 8.24. The molecule has 7 heteroatoms. The van der Waals surface area contributed by atoms with E-state index in [9.17, 15) is 0 Å². The van der Waals surface area contributed by atoms with Crippen molar-refractivity contribution < 1.29 is 4.52 Å². The highest BCUT2D eigenvalue weighted by Crippen LogP contribution is 2.74. The van der Waals surface area contributed by atoms with E-state index in [0.717, 1.165) is 9.79 Å². The maximum atomic E-state index is 8.85. The first-order valence-corrected chi connectivity index (χ1v) is 11.9. The highest BCUT2D eigenvalue weighted by molar-refractivity contribution is 8.99. The molecule has 23 heavy (non-hydrogen) atoms. The Balaban J connectivity index is 2.20. The fraction of sp³-hybridized carbons (Fsp3) is 0. The fourth-order valence-corrected chi connectivity index (χ4v) is 9.55. The highest BCUT2D eigenvalue weighted by atomic mass is 33.2. The van der Waals surface area contributed by atoms with E-state index in [-0.39, 0.29) is 0 Å². The largest absolute Gasteiger partial charge is 0.456 e. The van der Waals surface area contributed by atoms with Gasteiger partial charge in [-0.15, -0.1) is 0 Å². The summed E-state index contributed by atoms with van der Waals surface area (Å²) in [6.07, 6.45) is 1.37. The molecule has 0 radical (unpaired) electrons. The minimum absolute atomic E-state index is 0.590. The maximum absolute atomic E-state index is 8.85. The third kappa shape index (κ3) is 5.16. The summed E-state index contributed by atoms with van der Waals surface area (Å²) in [7, 11) is 0. The monoisotopic (exact) mass is 374 g/mol. The Labute approximate surface area is 148 Å². The van der Waals surface area contributed by atoms with E-state index in [4.69, 9.17) is 28.2 Å². The first kappa shape index (κ1) is 17.7. The van der Waals surface area contributed by atoms with Crippen LogP contribution < -0.4 is 0 Å². The zero-order valence-electron chi connectivity index (χ0n) is 11.9. The normalized spacial score (nSPS) is 12.4. The van der Waals surface area contributed by atoms with Gasteiger partial charge < -0.3 is 4.52 Å². The van der Waals surface area contributed by atoms with Crippen LogP contribution in [0.25, 0.3) is 4.85 Å². The highest BCUT2D eigenvalue weighted by Gasteiger charge is 2.22. The maximum Gasteiger partial charge on any atom is 0.230 e. The van der Waals surface area contributed by atoms with E-state index < -0.39 is 4.67 Å².